The average molecular weight is 577 g/mol. The Morgan fingerprint density at radius 3 is 2.39 bits per heavy atom. The maximum atomic E-state index is 10.5. The first-order chi connectivity index (χ1) is 19.4. The number of rotatable bonds is 9. The normalized spacial score (nSPS) is 47.7. The molecule has 1 aliphatic heterocycles. The smallest absolute Gasteiger partial charge is 0.186 e. The zero-order valence-electron chi connectivity index (χ0n) is 26.7. The van der Waals surface area contributed by atoms with Gasteiger partial charge in [0.15, 0.2) is 6.29 Å². The number of hydrogen-bond donors (Lipinski definition) is 4. The summed E-state index contributed by atoms with van der Waals surface area (Å²) in [4.78, 5) is 0. The number of aliphatic hydroxyl groups is 4. The minimum absolute atomic E-state index is 0.101. The summed E-state index contributed by atoms with van der Waals surface area (Å²) in [5, 5.41) is 40.4. The number of fused-ring (bicyclic) bond motifs is 5. The highest BCUT2D eigenvalue weighted by molar-refractivity contribution is 5.25. The fourth-order valence-corrected chi connectivity index (χ4v) is 10.8. The molecule has 236 valence electrons. The second-order valence-corrected chi connectivity index (χ2v) is 15.7. The van der Waals surface area contributed by atoms with Gasteiger partial charge in [0.1, 0.15) is 24.4 Å². The molecule has 0 aromatic heterocycles. The van der Waals surface area contributed by atoms with Crippen molar-refractivity contribution in [2.45, 2.75) is 149 Å². The molecule has 1 saturated heterocycles. The zero-order valence-corrected chi connectivity index (χ0v) is 26.7. The number of allylic oxidation sites excluding steroid dienone is 1. The fourth-order valence-electron chi connectivity index (χ4n) is 10.8. The second-order valence-electron chi connectivity index (χ2n) is 15.7. The van der Waals surface area contributed by atoms with E-state index in [0.717, 1.165) is 60.7 Å². The number of ether oxygens (including phenoxy) is 2. The third kappa shape index (κ3) is 5.73. The molecule has 1 heterocycles. The summed E-state index contributed by atoms with van der Waals surface area (Å²) in [7, 11) is 0. The molecule has 0 aromatic rings. The highest BCUT2D eigenvalue weighted by Gasteiger charge is 2.59. The lowest BCUT2D eigenvalue weighted by molar-refractivity contribution is -0.313. The van der Waals surface area contributed by atoms with Crippen molar-refractivity contribution in [3.05, 3.63) is 11.6 Å². The quantitative estimate of drug-likeness (QED) is 0.257. The molecule has 0 unspecified atom stereocenters. The summed E-state index contributed by atoms with van der Waals surface area (Å²) >= 11 is 0. The molecule has 4 N–H and O–H groups in total. The van der Waals surface area contributed by atoms with Crippen molar-refractivity contribution in [1.82, 2.24) is 0 Å². The minimum atomic E-state index is -1.40. The molecule has 6 nitrogen and oxygen atoms in total. The highest BCUT2D eigenvalue weighted by Crippen LogP contribution is 2.67. The van der Waals surface area contributed by atoms with E-state index in [1.54, 1.807) is 0 Å². The second kappa shape index (κ2) is 12.5. The Labute approximate surface area is 249 Å². The van der Waals surface area contributed by atoms with Gasteiger partial charge >= 0.3 is 0 Å². The van der Waals surface area contributed by atoms with Crippen LogP contribution >= 0.6 is 0 Å². The van der Waals surface area contributed by atoms with E-state index < -0.39 is 37.3 Å². The Morgan fingerprint density at radius 1 is 0.951 bits per heavy atom. The van der Waals surface area contributed by atoms with Crippen LogP contribution in [0.2, 0.25) is 0 Å². The molecule has 14 atom stereocenters. The number of aliphatic hydroxyl groups excluding tert-OH is 4. The Kier molecular flexibility index (Phi) is 9.71. The summed E-state index contributed by atoms with van der Waals surface area (Å²) < 4.78 is 11.9. The van der Waals surface area contributed by atoms with Crippen LogP contribution in [0.4, 0.5) is 0 Å². The van der Waals surface area contributed by atoms with Crippen LogP contribution < -0.4 is 0 Å². The van der Waals surface area contributed by atoms with Gasteiger partial charge in [0.25, 0.3) is 0 Å². The first-order valence-electron chi connectivity index (χ1n) is 17.1. The molecule has 0 spiro atoms. The van der Waals surface area contributed by atoms with E-state index in [-0.39, 0.29) is 11.5 Å². The van der Waals surface area contributed by atoms with E-state index in [9.17, 15) is 20.4 Å². The van der Waals surface area contributed by atoms with E-state index >= 15 is 0 Å². The molecular weight excluding hydrogens is 516 g/mol. The molecule has 0 radical (unpaired) electrons. The van der Waals surface area contributed by atoms with Gasteiger partial charge in [-0.2, -0.15) is 0 Å². The summed E-state index contributed by atoms with van der Waals surface area (Å²) in [5.74, 6) is 5.66. The molecule has 0 aromatic carbocycles. The van der Waals surface area contributed by atoms with Gasteiger partial charge in [-0.25, -0.2) is 0 Å². The van der Waals surface area contributed by atoms with Crippen LogP contribution in [0.5, 0.6) is 0 Å². The van der Waals surface area contributed by atoms with Gasteiger partial charge in [0, 0.05) is 0 Å². The predicted molar refractivity (Wildman–Crippen MR) is 161 cm³/mol. The maximum absolute atomic E-state index is 10.5. The Hall–Kier alpha value is -0.500. The van der Waals surface area contributed by atoms with Crippen molar-refractivity contribution in [3.8, 4) is 0 Å². The van der Waals surface area contributed by atoms with Gasteiger partial charge in [0.05, 0.1) is 12.7 Å². The van der Waals surface area contributed by atoms with Crippen molar-refractivity contribution in [2.75, 3.05) is 6.61 Å². The lowest BCUT2D eigenvalue weighted by Gasteiger charge is -2.58. The fraction of sp³-hybridized carbons (Fsp3) is 0.943. The van der Waals surface area contributed by atoms with Crippen LogP contribution in [0.15, 0.2) is 11.6 Å². The van der Waals surface area contributed by atoms with E-state index in [1.165, 1.54) is 56.9 Å². The first-order valence-corrected chi connectivity index (χ1v) is 17.1. The van der Waals surface area contributed by atoms with Gasteiger partial charge in [-0.15, -0.1) is 0 Å². The minimum Gasteiger partial charge on any atom is -0.394 e. The zero-order chi connectivity index (χ0) is 29.7. The summed E-state index contributed by atoms with van der Waals surface area (Å²) in [6.45, 7) is 14.5. The van der Waals surface area contributed by atoms with Crippen LogP contribution in [-0.2, 0) is 9.47 Å². The van der Waals surface area contributed by atoms with E-state index in [0.29, 0.717) is 5.41 Å². The van der Waals surface area contributed by atoms with Crippen molar-refractivity contribution < 1.29 is 29.9 Å². The van der Waals surface area contributed by atoms with Crippen molar-refractivity contribution >= 4 is 0 Å². The number of hydrogen-bond acceptors (Lipinski definition) is 6. The highest BCUT2D eigenvalue weighted by atomic mass is 16.7. The van der Waals surface area contributed by atoms with Gasteiger partial charge in [-0.3, -0.25) is 0 Å². The molecule has 4 fully saturated rings. The molecular formula is C35H60O6. The largest absolute Gasteiger partial charge is 0.394 e. The van der Waals surface area contributed by atoms with E-state index in [2.05, 4.69) is 47.6 Å². The van der Waals surface area contributed by atoms with Gasteiger partial charge in [-0.1, -0.05) is 66.0 Å². The Morgan fingerprint density at radius 2 is 1.71 bits per heavy atom. The summed E-state index contributed by atoms with van der Waals surface area (Å²) in [6.07, 6.45) is 9.92. The molecule has 5 aliphatic rings. The van der Waals surface area contributed by atoms with Crippen LogP contribution in [0.1, 0.15) is 112 Å². The summed E-state index contributed by atoms with van der Waals surface area (Å²) in [6, 6.07) is 0. The van der Waals surface area contributed by atoms with Crippen LogP contribution in [-0.4, -0.2) is 63.8 Å². The topological polar surface area (TPSA) is 99.4 Å². The van der Waals surface area contributed by atoms with Crippen LogP contribution in [0.25, 0.3) is 0 Å². The summed E-state index contributed by atoms with van der Waals surface area (Å²) in [5.41, 5.74) is 2.19. The van der Waals surface area contributed by atoms with Gasteiger partial charge in [0.2, 0.25) is 0 Å². The van der Waals surface area contributed by atoms with Crippen LogP contribution in [0, 0.1) is 52.3 Å². The SMILES string of the molecule is CC[C@H](CC[C@@H](C)[C@H]1CC[C@H]2[C@@H]3CC=C4C[C@@H](O[C@@H]5O[C@H](CO)[C@H](O)[C@H](O)[C@@H]5O)CC[C@]4(C)[C@H]3CC[C@]12C)C(C)C. The Bertz CT molecular complexity index is 918. The first kappa shape index (κ1) is 31.9. The lowest BCUT2D eigenvalue weighted by atomic mass is 9.47. The molecule has 3 saturated carbocycles. The molecule has 6 heteroatoms. The van der Waals surface area contributed by atoms with Gasteiger partial charge in [-0.05, 0) is 110 Å². The standard InChI is InChI=1S/C35H60O6/c1-7-22(20(2)3)9-8-21(4)26-12-13-27-25-11-10-23-18-24(14-16-34(23,5)28(25)15-17-35(26,27)6)40-33-32(39)31(38)30(37)29(19-36)41-33/h10,20-22,24-33,36-39H,7-9,11-19H2,1-6H3/t21-,22-,24+,25+,26-,27+,28+,29-,30+,31+,32+,33-,34+,35-/m1/s1. The monoisotopic (exact) mass is 576 g/mol. The molecule has 0 amide bonds. The van der Waals surface area contributed by atoms with Crippen LogP contribution in [0.3, 0.4) is 0 Å². The van der Waals surface area contributed by atoms with Crippen molar-refractivity contribution in [3.63, 3.8) is 0 Å². The molecule has 5 rings (SSSR count). The van der Waals surface area contributed by atoms with Crippen molar-refractivity contribution in [2.24, 2.45) is 52.3 Å². The average Bonchev–Trinajstić information content (AvgIpc) is 3.30. The third-order valence-electron chi connectivity index (χ3n) is 13.5. The molecule has 4 aliphatic carbocycles. The molecule has 41 heavy (non-hydrogen) atoms. The van der Waals surface area contributed by atoms with Gasteiger partial charge < -0.3 is 29.9 Å². The van der Waals surface area contributed by atoms with Crippen molar-refractivity contribution in [1.29, 1.82) is 0 Å². The Balaban J connectivity index is 1.24. The van der Waals surface area contributed by atoms with E-state index in [4.69, 9.17) is 9.47 Å². The predicted octanol–water partition coefficient (Wildman–Crippen LogP) is 5.85. The third-order valence-corrected chi connectivity index (χ3v) is 13.5. The molecule has 0 bridgehead atoms. The maximum Gasteiger partial charge on any atom is 0.186 e. The lowest BCUT2D eigenvalue weighted by Crippen LogP contribution is -2.60. The van der Waals surface area contributed by atoms with E-state index in [1.807, 2.05) is 0 Å².